The van der Waals surface area contributed by atoms with E-state index in [4.69, 9.17) is 9.47 Å². The lowest BCUT2D eigenvalue weighted by atomic mass is 9.81. The zero-order valence-corrected chi connectivity index (χ0v) is 20.1. The molecule has 0 aromatic heterocycles. The topological polar surface area (TPSA) is 52.6 Å². The van der Waals surface area contributed by atoms with Crippen molar-refractivity contribution in [3.63, 3.8) is 0 Å². The van der Waals surface area contributed by atoms with Gasteiger partial charge in [-0.1, -0.05) is 66.2 Å². The van der Waals surface area contributed by atoms with Crippen LogP contribution >= 0.6 is 12.6 Å². The average molecular weight is 429 g/mol. The molecule has 29 heavy (non-hydrogen) atoms. The zero-order valence-electron chi connectivity index (χ0n) is 19.2. The minimum absolute atomic E-state index is 0.0444. The van der Waals surface area contributed by atoms with Gasteiger partial charge < -0.3 is 9.47 Å². The van der Waals surface area contributed by atoms with Crippen LogP contribution in [0.5, 0.6) is 0 Å². The lowest BCUT2D eigenvalue weighted by Gasteiger charge is -2.31. The summed E-state index contributed by atoms with van der Waals surface area (Å²) >= 11 is 4.60. The third-order valence-corrected chi connectivity index (χ3v) is 6.78. The summed E-state index contributed by atoms with van der Waals surface area (Å²) in [5.41, 5.74) is 0. The molecule has 1 fully saturated rings. The lowest BCUT2D eigenvalue weighted by Crippen LogP contribution is -2.35. The van der Waals surface area contributed by atoms with Crippen molar-refractivity contribution in [2.75, 3.05) is 13.2 Å². The fraction of sp³-hybridized carbons (Fsp3) is 0.917. The smallest absolute Gasteiger partial charge is 0.309 e. The molecule has 170 valence electrons. The molecule has 5 heteroatoms. The second kappa shape index (κ2) is 15.1. The van der Waals surface area contributed by atoms with E-state index in [0.717, 1.165) is 38.5 Å². The number of carbonyl (C=O) groups excluding carboxylic acids is 2. The first-order valence-electron chi connectivity index (χ1n) is 12.0. The first-order chi connectivity index (χ1) is 13.9. The van der Waals surface area contributed by atoms with Crippen molar-refractivity contribution >= 4 is 24.6 Å². The Hall–Kier alpha value is -0.710. The number of rotatable bonds is 14. The maximum Gasteiger partial charge on any atom is 0.309 e. The van der Waals surface area contributed by atoms with Crippen LogP contribution in [0, 0.1) is 23.7 Å². The van der Waals surface area contributed by atoms with Crippen molar-refractivity contribution in [2.24, 2.45) is 23.7 Å². The molecule has 0 spiro atoms. The van der Waals surface area contributed by atoms with Crippen LogP contribution in [0.25, 0.3) is 0 Å². The molecule has 1 aliphatic rings. The number of hydrogen-bond acceptors (Lipinski definition) is 5. The van der Waals surface area contributed by atoms with E-state index >= 15 is 0 Å². The fourth-order valence-electron chi connectivity index (χ4n) is 4.11. The molecular weight excluding hydrogens is 384 g/mol. The molecule has 0 aromatic carbocycles. The van der Waals surface area contributed by atoms with Crippen molar-refractivity contribution in [1.82, 2.24) is 0 Å². The van der Waals surface area contributed by atoms with Gasteiger partial charge in [-0.05, 0) is 43.9 Å². The summed E-state index contributed by atoms with van der Waals surface area (Å²) in [6, 6.07) is 0. The van der Waals surface area contributed by atoms with Crippen molar-refractivity contribution in [3.8, 4) is 0 Å². The Morgan fingerprint density at radius 2 is 1.21 bits per heavy atom. The van der Waals surface area contributed by atoms with Crippen molar-refractivity contribution in [2.45, 2.75) is 104 Å². The Labute approximate surface area is 184 Å². The normalized spacial score (nSPS) is 24.0. The van der Waals surface area contributed by atoms with Crippen LogP contribution in [0.4, 0.5) is 0 Å². The summed E-state index contributed by atoms with van der Waals surface area (Å²) in [5.74, 6) is 0.0640. The SMILES string of the molecule is CCCCC(CC)COC(=O)C1CC(S)CC(C(=O)OCC(CC)CCCC)C1. The molecule has 4 nitrogen and oxygen atoms in total. The first kappa shape index (κ1) is 26.3. The summed E-state index contributed by atoms with van der Waals surface area (Å²) in [4.78, 5) is 25.3. The van der Waals surface area contributed by atoms with Crippen LogP contribution in [0.1, 0.15) is 98.3 Å². The van der Waals surface area contributed by atoms with Crippen molar-refractivity contribution in [1.29, 1.82) is 0 Å². The van der Waals surface area contributed by atoms with Crippen LogP contribution in [0.2, 0.25) is 0 Å². The molecule has 1 saturated carbocycles. The van der Waals surface area contributed by atoms with Gasteiger partial charge in [-0.25, -0.2) is 0 Å². The summed E-state index contributed by atoms with van der Waals surface area (Å²) in [6.07, 6.45) is 10.8. The Balaban J connectivity index is 2.50. The Bertz CT molecular complexity index is 428. The molecular formula is C24H44O4S. The molecule has 4 unspecified atom stereocenters. The summed E-state index contributed by atoms with van der Waals surface area (Å²) < 4.78 is 11.3. The molecule has 0 aromatic rings. The number of carbonyl (C=O) groups is 2. The monoisotopic (exact) mass is 428 g/mol. The fourth-order valence-corrected chi connectivity index (χ4v) is 4.61. The van der Waals surface area contributed by atoms with Crippen molar-refractivity contribution in [3.05, 3.63) is 0 Å². The van der Waals surface area contributed by atoms with Crippen LogP contribution < -0.4 is 0 Å². The third-order valence-electron chi connectivity index (χ3n) is 6.36. The van der Waals surface area contributed by atoms with E-state index in [1.54, 1.807) is 0 Å². The average Bonchev–Trinajstić information content (AvgIpc) is 2.73. The molecule has 0 radical (unpaired) electrons. The van der Waals surface area contributed by atoms with Crippen LogP contribution in [0.3, 0.4) is 0 Å². The van der Waals surface area contributed by atoms with Gasteiger partial charge in [-0.2, -0.15) is 12.6 Å². The van der Waals surface area contributed by atoms with E-state index in [2.05, 4.69) is 40.3 Å². The van der Waals surface area contributed by atoms with Gasteiger partial charge in [0.1, 0.15) is 0 Å². The van der Waals surface area contributed by atoms with E-state index in [9.17, 15) is 9.59 Å². The Morgan fingerprint density at radius 1 is 0.793 bits per heavy atom. The third kappa shape index (κ3) is 10.2. The summed E-state index contributed by atoms with van der Waals surface area (Å²) in [7, 11) is 0. The summed E-state index contributed by atoms with van der Waals surface area (Å²) in [5, 5.41) is 0.0444. The second-order valence-corrected chi connectivity index (χ2v) is 9.58. The van der Waals surface area contributed by atoms with Gasteiger partial charge >= 0.3 is 11.9 Å². The highest BCUT2D eigenvalue weighted by molar-refractivity contribution is 7.80. The number of hydrogen-bond donors (Lipinski definition) is 1. The van der Waals surface area contributed by atoms with Gasteiger partial charge in [0.25, 0.3) is 0 Å². The highest BCUT2D eigenvalue weighted by atomic mass is 32.1. The molecule has 0 bridgehead atoms. The van der Waals surface area contributed by atoms with E-state index < -0.39 is 0 Å². The molecule has 0 aliphatic heterocycles. The molecule has 1 rings (SSSR count). The van der Waals surface area contributed by atoms with Crippen LogP contribution in [-0.2, 0) is 19.1 Å². The molecule has 0 heterocycles. The number of ether oxygens (including phenoxy) is 2. The maximum atomic E-state index is 12.6. The minimum Gasteiger partial charge on any atom is -0.465 e. The quantitative estimate of drug-likeness (QED) is 0.263. The van der Waals surface area contributed by atoms with E-state index in [-0.39, 0.29) is 29.0 Å². The number of unbranched alkanes of at least 4 members (excludes halogenated alkanes) is 2. The van der Waals surface area contributed by atoms with Gasteiger partial charge in [0, 0.05) is 5.25 Å². The summed E-state index contributed by atoms with van der Waals surface area (Å²) in [6.45, 7) is 9.64. The van der Waals surface area contributed by atoms with Gasteiger partial charge in [-0.3, -0.25) is 9.59 Å². The standard InChI is InChI=1S/C24H44O4S/c1-5-9-11-18(7-3)16-27-23(25)20-13-21(15-22(29)14-20)24(26)28-17-19(8-4)12-10-6-2/h18-22,29H,5-17H2,1-4H3. The number of esters is 2. The van der Waals surface area contributed by atoms with Crippen LogP contribution in [0.15, 0.2) is 0 Å². The number of thiol groups is 1. The van der Waals surface area contributed by atoms with E-state index in [0.29, 0.717) is 44.3 Å². The minimum atomic E-state index is -0.241. The molecule has 0 N–H and O–H groups in total. The van der Waals surface area contributed by atoms with Gasteiger partial charge in [0.2, 0.25) is 0 Å². The Morgan fingerprint density at radius 3 is 1.55 bits per heavy atom. The predicted molar refractivity (Wildman–Crippen MR) is 122 cm³/mol. The van der Waals surface area contributed by atoms with Crippen LogP contribution in [-0.4, -0.2) is 30.4 Å². The maximum absolute atomic E-state index is 12.6. The van der Waals surface area contributed by atoms with Gasteiger partial charge in [0.15, 0.2) is 0 Å². The van der Waals surface area contributed by atoms with Crippen molar-refractivity contribution < 1.29 is 19.1 Å². The zero-order chi connectivity index (χ0) is 21.6. The highest BCUT2D eigenvalue weighted by Crippen LogP contribution is 2.34. The lowest BCUT2D eigenvalue weighted by molar-refractivity contribution is -0.156. The molecule has 1 aliphatic carbocycles. The Kier molecular flexibility index (Phi) is 13.7. The second-order valence-electron chi connectivity index (χ2n) is 8.85. The van der Waals surface area contributed by atoms with E-state index in [1.807, 2.05) is 0 Å². The molecule has 0 saturated heterocycles. The largest absolute Gasteiger partial charge is 0.465 e. The molecule has 0 amide bonds. The van der Waals surface area contributed by atoms with Gasteiger partial charge in [0.05, 0.1) is 25.0 Å². The first-order valence-corrected chi connectivity index (χ1v) is 12.5. The van der Waals surface area contributed by atoms with E-state index in [1.165, 1.54) is 12.8 Å². The highest BCUT2D eigenvalue weighted by Gasteiger charge is 2.37. The predicted octanol–water partition coefficient (Wildman–Crippen LogP) is 6.22. The molecule has 4 atom stereocenters. The van der Waals surface area contributed by atoms with Gasteiger partial charge in [-0.15, -0.1) is 0 Å².